The largest absolute Gasteiger partial charge is 0.337 e. The van der Waals surface area contributed by atoms with E-state index in [1.165, 1.54) is 21.9 Å². The average molecular weight is 417 g/mol. The minimum absolute atomic E-state index is 0.0702. The number of carbonyl (C=O) groups excluding carboxylic acids is 1. The molecule has 1 aromatic heterocycles. The summed E-state index contributed by atoms with van der Waals surface area (Å²) in [6.07, 6.45) is 7.67. The van der Waals surface area contributed by atoms with E-state index in [0.29, 0.717) is 31.1 Å². The molecule has 148 valence electrons. The molecule has 1 aliphatic heterocycles. The van der Waals surface area contributed by atoms with Crippen molar-refractivity contribution < 1.29 is 13.2 Å². The fourth-order valence-electron chi connectivity index (χ4n) is 3.81. The van der Waals surface area contributed by atoms with Gasteiger partial charge in [0.15, 0.2) is 0 Å². The highest BCUT2D eigenvalue weighted by molar-refractivity contribution is 7.89. The van der Waals surface area contributed by atoms with Crippen LogP contribution in [0.5, 0.6) is 0 Å². The predicted octanol–water partition coefficient (Wildman–Crippen LogP) is 3.17. The molecule has 0 saturated carbocycles. The molecule has 5 nitrogen and oxygen atoms in total. The Balaban J connectivity index is 1.40. The number of rotatable bonds is 4. The van der Waals surface area contributed by atoms with Crippen LogP contribution in [0.25, 0.3) is 6.08 Å². The third-order valence-corrected chi connectivity index (χ3v) is 8.17. The topological polar surface area (TPSA) is 57.7 Å². The van der Waals surface area contributed by atoms with Gasteiger partial charge in [0.2, 0.25) is 15.9 Å². The first-order valence-corrected chi connectivity index (χ1v) is 12.0. The SMILES string of the molecule is O=C(C=Cc1cccs1)N1CCN(S(=O)(=O)c2ccc3c(c2)CCCC3)CC1. The van der Waals surface area contributed by atoms with Gasteiger partial charge in [0.25, 0.3) is 0 Å². The molecule has 0 spiro atoms. The molecule has 1 saturated heterocycles. The number of hydrogen-bond donors (Lipinski definition) is 0. The number of piperazine rings is 1. The summed E-state index contributed by atoms with van der Waals surface area (Å²) in [6, 6.07) is 9.46. The van der Waals surface area contributed by atoms with E-state index in [9.17, 15) is 13.2 Å². The second-order valence-corrected chi connectivity index (χ2v) is 10.1. The van der Waals surface area contributed by atoms with E-state index in [4.69, 9.17) is 0 Å². The minimum atomic E-state index is -3.51. The number of nitrogens with zero attached hydrogens (tertiary/aromatic N) is 2. The summed E-state index contributed by atoms with van der Waals surface area (Å²) in [5.74, 6) is -0.0702. The highest BCUT2D eigenvalue weighted by Crippen LogP contribution is 2.26. The maximum Gasteiger partial charge on any atom is 0.246 e. The second-order valence-electron chi connectivity index (χ2n) is 7.22. The Hall–Kier alpha value is -1.96. The van der Waals surface area contributed by atoms with E-state index >= 15 is 0 Å². The van der Waals surface area contributed by atoms with Crippen LogP contribution in [-0.2, 0) is 27.7 Å². The van der Waals surface area contributed by atoms with Crippen LogP contribution in [0.3, 0.4) is 0 Å². The average Bonchev–Trinajstić information content (AvgIpc) is 3.25. The van der Waals surface area contributed by atoms with Crippen LogP contribution in [-0.4, -0.2) is 49.7 Å². The molecule has 2 aromatic rings. The lowest BCUT2D eigenvalue weighted by Gasteiger charge is -2.33. The number of thiophene rings is 1. The van der Waals surface area contributed by atoms with Crippen LogP contribution in [0.4, 0.5) is 0 Å². The van der Waals surface area contributed by atoms with Crippen molar-refractivity contribution in [1.29, 1.82) is 0 Å². The van der Waals surface area contributed by atoms with Crippen molar-refractivity contribution in [2.75, 3.05) is 26.2 Å². The molecule has 2 aliphatic rings. The Morgan fingerprint density at radius 2 is 1.75 bits per heavy atom. The van der Waals surface area contributed by atoms with Crippen molar-refractivity contribution in [3.8, 4) is 0 Å². The fourth-order valence-corrected chi connectivity index (χ4v) is 5.90. The van der Waals surface area contributed by atoms with Gasteiger partial charge in [0, 0.05) is 37.1 Å². The molecule has 0 unspecified atom stereocenters. The molecule has 1 aliphatic carbocycles. The van der Waals surface area contributed by atoms with Gasteiger partial charge in [0.05, 0.1) is 4.90 Å². The van der Waals surface area contributed by atoms with E-state index in [-0.39, 0.29) is 5.91 Å². The van der Waals surface area contributed by atoms with Crippen LogP contribution in [0.2, 0.25) is 0 Å². The van der Waals surface area contributed by atoms with Gasteiger partial charge in [-0.05, 0) is 66.5 Å². The summed E-state index contributed by atoms with van der Waals surface area (Å²) in [4.78, 5) is 15.5. The third kappa shape index (κ3) is 4.06. The van der Waals surface area contributed by atoms with Gasteiger partial charge in [-0.15, -0.1) is 11.3 Å². The lowest BCUT2D eigenvalue weighted by atomic mass is 9.92. The zero-order valence-corrected chi connectivity index (χ0v) is 17.3. The highest BCUT2D eigenvalue weighted by Gasteiger charge is 2.30. The first-order chi connectivity index (χ1) is 13.5. The van der Waals surface area contributed by atoms with Crippen molar-refractivity contribution in [2.24, 2.45) is 0 Å². The molecule has 2 heterocycles. The zero-order chi connectivity index (χ0) is 19.6. The smallest absolute Gasteiger partial charge is 0.246 e. The molecular formula is C21H24N2O3S2. The number of fused-ring (bicyclic) bond motifs is 1. The Morgan fingerprint density at radius 3 is 2.46 bits per heavy atom. The normalized spacial score (nSPS) is 18.4. The molecule has 4 rings (SSSR count). The summed E-state index contributed by atoms with van der Waals surface area (Å²) in [6.45, 7) is 1.49. The van der Waals surface area contributed by atoms with Crippen LogP contribution < -0.4 is 0 Å². The van der Waals surface area contributed by atoms with Gasteiger partial charge in [0.1, 0.15) is 0 Å². The van der Waals surface area contributed by atoms with Crippen molar-refractivity contribution in [1.82, 2.24) is 9.21 Å². The standard InChI is InChI=1S/C21H24N2O3S2/c24-21(10-8-19-6-3-15-27-19)22-11-13-23(14-12-22)28(25,26)20-9-7-17-4-1-2-5-18(17)16-20/h3,6-10,15-16H,1-2,4-5,11-14H2. The lowest BCUT2D eigenvalue weighted by Crippen LogP contribution is -2.50. The summed E-state index contributed by atoms with van der Waals surface area (Å²) >= 11 is 1.58. The van der Waals surface area contributed by atoms with E-state index in [0.717, 1.165) is 24.1 Å². The maximum absolute atomic E-state index is 13.0. The van der Waals surface area contributed by atoms with Crippen molar-refractivity contribution in [3.05, 3.63) is 57.8 Å². The number of aryl methyl sites for hydroxylation is 2. The van der Waals surface area contributed by atoms with Crippen LogP contribution in [0.15, 0.2) is 46.7 Å². The molecule has 1 fully saturated rings. The molecule has 0 bridgehead atoms. The summed E-state index contributed by atoms with van der Waals surface area (Å²) in [7, 11) is -3.51. The maximum atomic E-state index is 13.0. The molecule has 28 heavy (non-hydrogen) atoms. The monoisotopic (exact) mass is 416 g/mol. The number of sulfonamides is 1. The molecule has 1 aromatic carbocycles. The number of hydrogen-bond acceptors (Lipinski definition) is 4. The van der Waals surface area contributed by atoms with Crippen molar-refractivity contribution in [2.45, 2.75) is 30.6 Å². The third-order valence-electron chi connectivity index (χ3n) is 5.44. The highest BCUT2D eigenvalue weighted by atomic mass is 32.2. The minimum Gasteiger partial charge on any atom is -0.337 e. The second kappa shape index (κ2) is 8.19. The van der Waals surface area contributed by atoms with Gasteiger partial charge in [-0.1, -0.05) is 12.1 Å². The molecule has 0 atom stereocenters. The Bertz CT molecular complexity index is 973. The Labute approximate surface area is 170 Å². The molecule has 7 heteroatoms. The van der Waals surface area contributed by atoms with Gasteiger partial charge in [-0.3, -0.25) is 4.79 Å². The number of carbonyl (C=O) groups is 1. The lowest BCUT2D eigenvalue weighted by molar-refractivity contribution is -0.127. The van der Waals surface area contributed by atoms with Crippen LogP contribution in [0.1, 0.15) is 28.8 Å². The van der Waals surface area contributed by atoms with Gasteiger partial charge in [-0.2, -0.15) is 4.31 Å². The molecule has 0 radical (unpaired) electrons. The molecular weight excluding hydrogens is 392 g/mol. The van der Waals surface area contributed by atoms with E-state index < -0.39 is 10.0 Å². The number of amides is 1. The number of benzene rings is 1. The first-order valence-electron chi connectivity index (χ1n) is 9.66. The van der Waals surface area contributed by atoms with Crippen molar-refractivity contribution in [3.63, 3.8) is 0 Å². The van der Waals surface area contributed by atoms with Crippen LogP contribution >= 0.6 is 11.3 Å². The summed E-state index contributed by atoms with van der Waals surface area (Å²) in [5.41, 5.74) is 2.44. The van der Waals surface area contributed by atoms with Gasteiger partial charge < -0.3 is 4.90 Å². The predicted molar refractivity (Wildman–Crippen MR) is 112 cm³/mol. The van der Waals surface area contributed by atoms with Crippen LogP contribution in [0, 0.1) is 0 Å². The van der Waals surface area contributed by atoms with E-state index in [1.54, 1.807) is 28.4 Å². The quantitative estimate of drug-likeness (QED) is 0.720. The molecule has 0 N–H and O–H groups in total. The van der Waals surface area contributed by atoms with Gasteiger partial charge >= 0.3 is 0 Å². The Morgan fingerprint density at radius 1 is 1.00 bits per heavy atom. The van der Waals surface area contributed by atoms with E-state index in [2.05, 4.69) is 0 Å². The summed E-state index contributed by atoms with van der Waals surface area (Å²) < 4.78 is 27.6. The fraction of sp³-hybridized carbons (Fsp3) is 0.381. The summed E-state index contributed by atoms with van der Waals surface area (Å²) in [5, 5.41) is 1.97. The van der Waals surface area contributed by atoms with Crippen molar-refractivity contribution >= 4 is 33.3 Å². The molecule has 1 amide bonds. The Kier molecular flexibility index (Phi) is 5.66. The first kappa shape index (κ1) is 19.4. The van der Waals surface area contributed by atoms with E-state index in [1.807, 2.05) is 35.7 Å². The van der Waals surface area contributed by atoms with Gasteiger partial charge in [-0.25, -0.2) is 8.42 Å². The zero-order valence-electron chi connectivity index (χ0n) is 15.7.